The average Bonchev–Trinajstić information content (AvgIpc) is 2.16. The standard InChI is InChI=1S/C12H23NO3/c1-5-11(4)8-12(10(14)15,6-7-16-11)13-9(2)3/h9,13H,5-8H2,1-4H3,(H,14,15). The Morgan fingerprint density at radius 3 is 2.62 bits per heavy atom. The van der Waals surface area contributed by atoms with Crippen molar-refractivity contribution < 1.29 is 14.6 Å². The summed E-state index contributed by atoms with van der Waals surface area (Å²) in [7, 11) is 0. The molecule has 2 N–H and O–H groups in total. The molecule has 0 bridgehead atoms. The minimum Gasteiger partial charge on any atom is -0.480 e. The number of ether oxygens (including phenoxy) is 1. The molecule has 0 aromatic heterocycles. The van der Waals surface area contributed by atoms with Crippen LogP contribution < -0.4 is 5.32 Å². The first-order valence-corrected chi connectivity index (χ1v) is 5.99. The van der Waals surface area contributed by atoms with E-state index in [1.165, 1.54) is 0 Å². The van der Waals surface area contributed by atoms with Crippen molar-refractivity contribution in [1.29, 1.82) is 0 Å². The van der Waals surface area contributed by atoms with Crippen LogP contribution in [0.4, 0.5) is 0 Å². The molecule has 1 saturated heterocycles. The summed E-state index contributed by atoms with van der Waals surface area (Å²) < 4.78 is 5.70. The smallest absolute Gasteiger partial charge is 0.324 e. The van der Waals surface area contributed by atoms with Gasteiger partial charge < -0.3 is 9.84 Å². The first-order chi connectivity index (χ1) is 7.33. The monoisotopic (exact) mass is 229 g/mol. The molecule has 0 saturated carbocycles. The lowest BCUT2D eigenvalue weighted by Gasteiger charge is -2.44. The maximum atomic E-state index is 11.5. The molecule has 0 aromatic carbocycles. The Hall–Kier alpha value is -0.610. The third-order valence-corrected chi connectivity index (χ3v) is 3.38. The number of carbonyl (C=O) groups is 1. The molecule has 0 aromatic rings. The predicted octanol–water partition coefficient (Wildman–Crippen LogP) is 1.79. The predicted molar refractivity (Wildman–Crippen MR) is 62.5 cm³/mol. The Morgan fingerprint density at radius 1 is 1.56 bits per heavy atom. The molecule has 1 rings (SSSR count). The minimum atomic E-state index is -0.822. The zero-order valence-corrected chi connectivity index (χ0v) is 10.7. The molecule has 1 aliphatic heterocycles. The highest BCUT2D eigenvalue weighted by molar-refractivity contribution is 5.79. The van der Waals surface area contributed by atoms with Gasteiger partial charge in [-0.1, -0.05) is 6.92 Å². The van der Waals surface area contributed by atoms with Crippen molar-refractivity contribution in [2.75, 3.05) is 6.61 Å². The average molecular weight is 229 g/mol. The van der Waals surface area contributed by atoms with E-state index in [0.717, 1.165) is 6.42 Å². The zero-order chi connectivity index (χ0) is 12.4. The maximum Gasteiger partial charge on any atom is 0.324 e. The molecule has 2 unspecified atom stereocenters. The summed E-state index contributed by atoms with van der Waals surface area (Å²) in [6.07, 6.45) is 1.90. The number of carboxylic acid groups (broad SMARTS) is 1. The zero-order valence-electron chi connectivity index (χ0n) is 10.7. The van der Waals surface area contributed by atoms with E-state index in [1.807, 2.05) is 27.7 Å². The van der Waals surface area contributed by atoms with Gasteiger partial charge in [-0.3, -0.25) is 10.1 Å². The molecule has 16 heavy (non-hydrogen) atoms. The molecular formula is C12H23NO3. The van der Waals surface area contributed by atoms with Gasteiger partial charge in [-0.15, -0.1) is 0 Å². The second-order valence-corrected chi connectivity index (χ2v) is 5.26. The second-order valence-electron chi connectivity index (χ2n) is 5.26. The number of nitrogens with one attached hydrogen (secondary N) is 1. The Labute approximate surface area is 97.4 Å². The largest absolute Gasteiger partial charge is 0.480 e. The first kappa shape index (κ1) is 13.5. The fourth-order valence-electron chi connectivity index (χ4n) is 2.40. The van der Waals surface area contributed by atoms with Crippen LogP contribution in [0.25, 0.3) is 0 Å². The third-order valence-electron chi connectivity index (χ3n) is 3.38. The summed E-state index contributed by atoms with van der Waals surface area (Å²) in [4.78, 5) is 11.5. The summed E-state index contributed by atoms with van der Waals surface area (Å²) >= 11 is 0. The normalized spacial score (nSPS) is 35.3. The van der Waals surface area contributed by atoms with Crippen molar-refractivity contribution in [3.63, 3.8) is 0 Å². The number of rotatable bonds is 4. The topological polar surface area (TPSA) is 58.6 Å². The van der Waals surface area contributed by atoms with Gasteiger partial charge in [0.2, 0.25) is 0 Å². The molecule has 1 aliphatic rings. The molecule has 94 valence electrons. The Kier molecular flexibility index (Phi) is 3.97. The Bertz CT molecular complexity index is 267. The van der Waals surface area contributed by atoms with Gasteiger partial charge in [0.05, 0.1) is 5.60 Å². The van der Waals surface area contributed by atoms with Crippen molar-refractivity contribution in [2.45, 2.75) is 64.1 Å². The van der Waals surface area contributed by atoms with Gasteiger partial charge in [-0.05, 0) is 33.6 Å². The van der Waals surface area contributed by atoms with E-state index in [0.29, 0.717) is 19.4 Å². The molecule has 0 radical (unpaired) electrons. The summed E-state index contributed by atoms with van der Waals surface area (Å²) in [5, 5.41) is 12.7. The molecule has 4 nitrogen and oxygen atoms in total. The second kappa shape index (κ2) is 4.72. The third kappa shape index (κ3) is 2.74. The lowest BCUT2D eigenvalue weighted by Crippen LogP contribution is -2.61. The van der Waals surface area contributed by atoms with E-state index in [1.54, 1.807) is 0 Å². The minimum absolute atomic E-state index is 0.162. The Morgan fingerprint density at radius 2 is 2.19 bits per heavy atom. The van der Waals surface area contributed by atoms with E-state index in [-0.39, 0.29) is 11.6 Å². The van der Waals surface area contributed by atoms with E-state index >= 15 is 0 Å². The van der Waals surface area contributed by atoms with Gasteiger partial charge in [0, 0.05) is 19.1 Å². The van der Waals surface area contributed by atoms with Gasteiger partial charge in [0.15, 0.2) is 0 Å². The van der Waals surface area contributed by atoms with Gasteiger partial charge >= 0.3 is 5.97 Å². The highest BCUT2D eigenvalue weighted by atomic mass is 16.5. The Balaban J connectivity index is 2.89. The van der Waals surface area contributed by atoms with Crippen LogP contribution in [-0.4, -0.2) is 34.9 Å². The number of hydrogen-bond acceptors (Lipinski definition) is 3. The van der Waals surface area contributed by atoms with E-state index in [4.69, 9.17) is 4.74 Å². The van der Waals surface area contributed by atoms with Gasteiger partial charge in [-0.2, -0.15) is 0 Å². The van der Waals surface area contributed by atoms with E-state index in [2.05, 4.69) is 5.32 Å². The molecule has 0 spiro atoms. The lowest BCUT2D eigenvalue weighted by atomic mass is 9.79. The quantitative estimate of drug-likeness (QED) is 0.771. The first-order valence-electron chi connectivity index (χ1n) is 5.99. The van der Waals surface area contributed by atoms with Gasteiger partial charge in [0.1, 0.15) is 5.54 Å². The van der Waals surface area contributed by atoms with Crippen LogP contribution in [0.5, 0.6) is 0 Å². The highest BCUT2D eigenvalue weighted by Crippen LogP contribution is 2.35. The number of aliphatic carboxylic acids is 1. The van der Waals surface area contributed by atoms with Crippen LogP contribution in [0.2, 0.25) is 0 Å². The molecule has 1 fully saturated rings. The van der Waals surface area contributed by atoms with Crippen molar-refractivity contribution in [1.82, 2.24) is 5.32 Å². The van der Waals surface area contributed by atoms with Crippen molar-refractivity contribution in [3.05, 3.63) is 0 Å². The van der Waals surface area contributed by atoms with Crippen LogP contribution in [0.15, 0.2) is 0 Å². The highest BCUT2D eigenvalue weighted by Gasteiger charge is 2.47. The van der Waals surface area contributed by atoms with Gasteiger partial charge in [0.25, 0.3) is 0 Å². The maximum absolute atomic E-state index is 11.5. The fourth-order valence-corrected chi connectivity index (χ4v) is 2.40. The summed E-state index contributed by atoms with van der Waals surface area (Å²) in [6, 6.07) is 0.162. The summed E-state index contributed by atoms with van der Waals surface area (Å²) in [6.45, 7) is 8.49. The van der Waals surface area contributed by atoms with Crippen LogP contribution in [0, 0.1) is 0 Å². The molecule has 2 atom stereocenters. The van der Waals surface area contributed by atoms with Crippen LogP contribution in [-0.2, 0) is 9.53 Å². The molecule has 4 heteroatoms. The lowest BCUT2D eigenvalue weighted by molar-refractivity contribution is -0.161. The fraction of sp³-hybridized carbons (Fsp3) is 0.917. The van der Waals surface area contributed by atoms with Gasteiger partial charge in [-0.25, -0.2) is 0 Å². The molecular weight excluding hydrogens is 206 g/mol. The number of carboxylic acids is 1. The molecule has 0 aliphatic carbocycles. The van der Waals surface area contributed by atoms with E-state index in [9.17, 15) is 9.90 Å². The molecule has 0 amide bonds. The number of hydrogen-bond donors (Lipinski definition) is 2. The SMILES string of the molecule is CCC1(C)CC(NC(C)C)(C(=O)O)CCO1. The van der Waals surface area contributed by atoms with Crippen molar-refractivity contribution in [3.8, 4) is 0 Å². The summed E-state index contributed by atoms with van der Waals surface area (Å²) in [5.41, 5.74) is -1.14. The van der Waals surface area contributed by atoms with Crippen LogP contribution >= 0.6 is 0 Å². The summed E-state index contributed by atoms with van der Waals surface area (Å²) in [5.74, 6) is -0.760. The van der Waals surface area contributed by atoms with Crippen LogP contribution in [0.1, 0.15) is 47.0 Å². The van der Waals surface area contributed by atoms with Crippen molar-refractivity contribution >= 4 is 5.97 Å². The van der Waals surface area contributed by atoms with E-state index < -0.39 is 11.5 Å². The molecule has 1 heterocycles. The van der Waals surface area contributed by atoms with Crippen LogP contribution in [0.3, 0.4) is 0 Å². The van der Waals surface area contributed by atoms with Crippen molar-refractivity contribution in [2.24, 2.45) is 0 Å².